The Bertz CT molecular complexity index is 1400. The lowest BCUT2D eigenvalue weighted by molar-refractivity contribution is 0.766. The van der Waals surface area contributed by atoms with Crippen molar-refractivity contribution in [2.75, 3.05) is 0 Å². The van der Waals surface area contributed by atoms with E-state index in [4.69, 9.17) is 4.98 Å². The lowest BCUT2D eigenvalue weighted by Crippen LogP contribution is -1.97. The quantitative estimate of drug-likeness (QED) is 0.484. The third-order valence-electron chi connectivity index (χ3n) is 4.81. The van der Waals surface area contributed by atoms with Crippen LogP contribution in [-0.2, 0) is 0 Å². The van der Waals surface area contributed by atoms with Gasteiger partial charge in [0.15, 0.2) is 0 Å². The summed E-state index contributed by atoms with van der Waals surface area (Å²) < 4.78 is 0. The van der Waals surface area contributed by atoms with Crippen LogP contribution < -0.4 is 0 Å². The summed E-state index contributed by atoms with van der Waals surface area (Å²) in [5.74, 6) is 0. The highest BCUT2D eigenvalue weighted by molar-refractivity contribution is 5.88. The number of aromatic nitrogens is 6. The summed E-state index contributed by atoms with van der Waals surface area (Å²) in [5.41, 5.74) is 6.49. The topological polar surface area (TPSA) is 75.2 Å². The monoisotopic (exact) mass is 350 g/mol. The van der Waals surface area contributed by atoms with Crippen LogP contribution in [0.3, 0.4) is 0 Å². The van der Waals surface area contributed by atoms with E-state index in [0.717, 1.165) is 50.0 Å². The third kappa shape index (κ3) is 2.23. The summed E-state index contributed by atoms with van der Waals surface area (Å²) in [6, 6.07) is 22.3. The van der Waals surface area contributed by atoms with Crippen LogP contribution in [-0.4, -0.2) is 29.9 Å². The first-order valence-electron chi connectivity index (χ1n) is 8.73. The van der Waals surface area contributed by atoms with E-state index in [2.05, 4.69) is 44.4 Å². The Labute approximate surface area is 153 Å². The summed E-state index contributed by atoms with van der Waals surface area (Å²) in [7, 11) is 0. The number of benzene rings is 2. The molecule has 2 N–H and O–H groups in total. The number of nitrogens with zero attached hydrogens (tertiary/aromatic N) is 4. The van der Waals surface area contributed by atoms with Gasteiger partial charge in [0.2, 0.25) is 0 Å². The Balaban J connectivity index is 1.46. The van der Waals surface area contributed by atoms with Crippen LogP contribution in [0.1, 0.15) is 0 Å². The zero-order chi connectivity index (χ0) is 17.8. The zero-order valence-corrected chi connectivity index (χ0v) is 14.2. The number of rotatable bonds is 2. The summed E-state index contributed by atoms with van der Waals surface area (Å²) in [6.07, 6.45) is 1.90. The predicted octanol–water partition coefficient (Wildman–Crippen LogP) is 4.45. The minimum atomic E-state index is 0.883. The van der Waals surface area contributed by atoms with E-state index in [0.29, 0.717) is 0 Å². The maximum Gasteiger partial charge on any atom is 0.138 e. The third-order valence-corrected chi connectivity index (χ3v) is 4.81. The van der Waals surface area contributed by atoms with Gasteiger partial charge in [-0.05, 0) is 48.5 Å². The van der Waals surface area contributed by atoms with Crippen molar-refractivity contribution < 1.29 is 0 Å². The fourth-order valence-corrected chi connectivity index (χ4v) is 3.43. The molecule has 0 amide bonds. The fourth-order valence-electron chi connectivity index (χ4n) is 3.43. The molecule has 0 aliphatic carbocycles. The minimum absolute atomic E-state index is 0.883. The van der Waals surface area contributed by atoms with E-state index in [1.54, 1.807) is 4.80 Å². The van der Waals surface area contributed by atoms with Crippen molar-refractivity contribution in [3.05, 3.63) is 72.9 Å². The highest BCUT2D eigenvalue weighted by Crippen LogP contribution is 2.26. The van der Waals surface area contributed by atoms with E-state index in [1.165, 1.54) is 0 Å². The molecular formula is C21H14N6. The Morgan fingerprint density at radius 2 is 1.59 bits per heavy atom. The molecule has 6 heteroatoms. The molecule has 0 fully saturated rings. The molecule has 0 saturated carbocycles. The van der Waals surface area contributed by atoms with Crippen LogP contribution in [0.5, 0.6) is 0 Å². The number of fused-ring (bicyclic) bond motifs is 3. The van der Waals surface area contributed by atoms with E-state index in [9.17, 15) is 0 Å². The fraction of sp³-hybridized carbons (Fsp3) is 0. The Morgan fingerprint density at radius 1 is 0.778 bits per heavy atom. The van der Waals surface area contributed by atoms with Crippen LogP contribution >= 0.6 is 0 Å². The molecule has 0 saturated heterocycles. The van der Waals surface area contributed by atoms with Crippen molar-refractivity contribution in [1.82, 2.24) is 29.9 Å². The second-order valence-corrected chi connectivity index (χ2v) is 6.54. The number of pyridine rings is 1. The number of H-pyrrole nitrogens is 2. The van der Waals surface area contributed by atoms with Crippen LogP contribution in [0.4, 0.5) is 0 Å². The first kappa shape index (κ1) is 14.3. The number of hydrogen-bond acceptors (Lipinski definition) is 3. The number of hydrogen-bond donors (Lipinski definition) is 2. The van der Waals surface area contributed by atoms with Gasteiger partial charge < -0.3 is 9.97 Å². The Hall–Kier alpha value is -3.93. The standard InChI is InChI=1S/C21H14N6/c1-2-4-18-17(3-1)25-27(26-18)15-7-5-14-11-20(23-19(14)12-15)16-8-6-13-9-10-22-21(13)24-16/h1-12,23H,(H,22,24). The molecule has 128 valence electrons. The molecular weight excluding hydrogens is 336 g/mol. The van der Waals surface area contributed by atoms with Gasteiger partial charge in [-0.1, -0.05) is 18.2 Å². The Morgan fingerprint density at radius 3 is 2.44 bits per heavy atom. The molecule has 4 aromatic heterocycles. The van der Waals surface area contributed by atoms with Crippen LogP contribution in [0.2, 0.25) is 0 Å². The van der Waals surface area contributed by atoms with Gasteiger partial charge in [0.1, 0.15) is 16.7 Å². The molecule has 6 nitrogen and oxygen atoms in total. The predicted molar refractivity (Wildman–Crippen MR) is 106 cm³/mol. The molecule has 6 rings (SSSR count). The van der Waals surface area contributed by atoms with E-state index in [1.807, 2.05) is 48.7 Å². The lowest BCUT2D eigenvalue weighted by Gasteiger charge is -1.99. The highest BCUT2D eigenvalue weighted by Gasteiger charge is 2.09. The molecule has 0 atom stereocenters. The molecule has 0 aliphatic rings. The van der Waals surface area contributed by atoms with Crippen LogP contribution in [0.15, 0.2) is 72.9 Å². The molecule has 0 aliphatic heterocycles. The van der Waals surface area contributed by atoms with Gasteiger partial charge in [-0.15, -0.1) is 10.2 Å². The van der Waals surface area contributed by atoms with Crippen molar-refractivity contribution in [1.29, 1.82) is 0 Å². The molecule has 0 bridgehead atoms. The van der Waals surface area contributed by atoms with E-state index >= 15 is 0 Å². The van der Waals surface area contributed by atoms with Gasteiger partial charge in [0.25, 0.3) is 0 Å². The molecule has 4 heterocycles. The molecule has 0 unspecified atom stereocenters. The highest BCUT2D eigenvalue weighted by atomic mass is 15.5. The van der Waals surface area contributed by atoms with Crippen molar-refractivity contribution in [2.45, 2.75) is 0 Å². The molecule has 0 spiro atoms. The van der Waals surface area contributed by atoms with Gasteiger partial charge in [0, 0.05) is 22.5 Å². The van der Waals surface area contributed by atoms with Crippen molar-refractivity contribution in [3.8, 4) is 17.1 Å². The summed E-state index contributed by atoms with van der Waals surface area (Å²) in [4.78, 5) is 13.0. The van der Waals surface area contributed by atoms with Gasteiger partial charge in [0.05, 0.1) is 17.1 Å². The summed E-state index contributed by atoms with van der Waals surface area (Å²) in [6.45, 7) is 0. The average Bonchev–Trinajstić information content (AvgIpc) is 3.42. The smallest absolute Gasteiger partial charge is 0.138 e. The first-order chi connectivity index (χ1) is 13.3. The SMILES string of the molecule is c1ccc2nn(-c3ccc4cc(-c5ccc6cc[nH]c6n5)[nH]c4c3)nc2c1. The van der Waals surface area contributed by atoms with Gasteiger partial charge in [-0.3, -0.25) is 0 Å². The van der Waals surface area contributed by atoms with E-state index < -0.39 is 0 Å². The second-order valence-electron chi connectivity index (χ2n) is 6.54. The van der Waals surface area contributed by atoms with Gasteiger partial charge >= 0.3 is 0 Å². The first-order valence-corrected chi connectivity index (χ1v) is 8.73. The molecule has 27 heavy (non-hydrogen) atoms. The molecule has 2 aromatic carbocycles. The van der Waals surface area contributed by atoms with Crippen molar-refractivity contribution in [3.63, 3.8) is 0 Å². The van der Waals surface area contributed by atoms with Gasteiger partial charge in [-0.25, -0.2) is 4.98 Å². The van der Waals surface area contributed by atoms with Crippen molar-refractivity contribution in [2.24, 2.45) is 0 Å². The molecule has 6 aromatic rings. The molecule has 0 radical (unpaired) electrons. The number of aromatic amines is 2. The number of nitrogens with one attached hydrogen (secondary N) is 2. The summed E-state index contributed by atoms with van der Waals surface area (Å²) in [5, 5.41) is 11.3. The zero-order valence-electron chi connectivity index (χ0n) is 14.2. The maximum atomic E-state index is 4.69. The van der Waals surface area contributed by atoms with E-state index in [-0.39, 0.29) is 0 Å². The Kier molecular flexibility index (Phi) is 2.79. The summed E-state index contributed by atoms with van der Waals surface area (Å²) >= 11 is 0. The normalized spacial score (nSPS) is 11.7. The van der Waals surface area contributed by atoms with Gasteiger partial charge in [-0.2, -0.15) is 4.80 Å². The average molecular weight is 350 g/mol. The van der Waals surface area contributed by atoms with Crippen molar-refractivity contribution >= 4 is 33.0 Å². The second kappa shape index (κ2) is 5.28. The van der Waals surface area contributed by atoms with Crippen LogP contribution in [0, 0.1) is 0 Å². The largest absolute Gasteiger partial charge is 0.353 e. The lowest BCUT2D eigenvalue weighted by atomic mass is 10.2. The maximum absolute atomic E-state index is 4.69. The van der Waals surface area contributed by atoms with Crippen LogP contribution in [0.25, 0.3) is 50.0 Å². The minimum Gasteiger partial charge on any atom is -0.353 e.